The number of nitrogens with two attached hydrogens (primary N) is 1. The highest BCUT2D eigenvalue weighted by atomic mass is 35.5. The normalized spacial score (nSPS) is 26.5. The van der Waals surface area contributed by atoms with Gasteiger partial charge in [-0.2, -0.15) is 0 Å². The molecule has 1 aromatic rings. The smallest absolute Gasteiger partial charge is 0.260 e. The van der Waals surface area contributed by atoms with Gasteiger partial charge in [-0.1, -0.05) is 11.6 Å². The van der Waals surface area contributed by atoms with Gasteiger partial charge in [0.2, 0.25) is 0 Å². The van der Waals surface area contributed by atoms with Crippen molar-refractivity contribution in [1.29, 1.82) is 0 Å². The summed E-state index contributed by atoms with van der Waals surface area (Å²) in [5.74, 6) is 0.765. The molecular weight excluding hydrogens is 330 g/mol. The van der Waals surface area contributed by atoms with Gasteiger partial charge >= 0.3 is 0 Å². The first-order chi connectivity index (χ1) is 10.0. The maximum atomic E-state index is 12.9. The Morgan fingerprint density at radius 1 is 1.41 bits per heavy atom. The Labute approximate surface area is 140 Å². The number of likely N-dealkylation sites (tertiary alicyclic amines) is 1. The number of amides is 1. The van der Waals surface area contributed by atoms with E-state index in [1.54, 1.807) is 0 Å². The maximum Gasteiger partial charge on any atom is 0.260 e. The van der Waals surface area contributed by atoms with E-state index in [4.69, 9.17) is 22.1 Å². The summed E-state index contributed by atoms with van der Waals surface area (Å²) in [7, 11) is 0. The fourth-order valence-electron chi connectivity index (χ4n) is 3.33. The van der Waals surface area contributed by atoms with E-state index in [-0.39, 0.29) is 36.0 Å². The molecule has 122 valence electrons. The topological polar surface area (TPSA) is 55.6 Å². The molecule has 0 bridgehead atoms. The molecule has 1 heterocycles. The lowest BCUT2D eigenvalue weighted by Crippen LogP contribution is -2.36. The van der Waals surface area contributed by atoms with E-state index in [2.05, 4.69) is 0 Å². The van der Waals surface area contributed by atoms with Crippen LogP contribution >= 0.6 is 24.0 Å². The summed E-state index contributed by atoms with van der Waals surface area (Å²) >= 11 is 5.86. The Morgan fingerprint density at radius 2 is 2.18 bits per heavy atom. The third-order valence-corrected chi connectivity index (χ3v) is 4.81. The molecule has 1 aliphatic carbocycles. The molecule has 7 heteroatoms. The first-order valence-electron chi connectivity index (χ1n) is 7.16. The second kappa shape index (κ2) is 7.02. The van der Waals surface area contributed by atoms with Gasteiger partial charge in [0.1, 0.15) is 11.6 Å². The van der Waals surface area contributed by atoms with Gasteiger partial charge in [0.25, 0.3) is 5.91 Å². The molecule has 2 fully saturated rings. The Morgan fingerprint density at radius 3 is 2.86 bits per heavy atom. The summed E-state index contributed by atoms with van der Waals surface area (Å²) in [5, 5.41) is 0.170. The number of carbonyl (C=O) groups is 1. The molecule has 3 rings (SSSR count). The molecule has 3 unspecified atom stereocenters. The lowest BCUT2D eigenvalue weighted by atomic mass is 9.98. The summed E-state index contributed by atoms with van der Waals surface area (Å²) < 4.78 is 18.3. The first kappa shape index (κ1) is 17.3. The van der Waals surface area contributed by atoms with Crippen LogP contribution in [0, 0.1) is 17.7 Å². The fourth-order valence-corrected chi connectivity index (χ4v) is 3.56. The fraction of sp³-hybridized carbons (Fsp3) is 0.533. The number of benzene rings is 1. The molecule has 22 heavy (non-hydrogen) atoms. The average Bonchev–Trinajstić information content (AvgIpc) is 3.00. The summed E-state index contributed by atoms with van der Waals surface area (Å²) in [4.78, 5) is 14.0. The van der Waals surface area contributed by atoms with Crippen molar-refractivity contribution in [1.82, 2.24) is 4.90 Å². The Balaban J connectivity index is 0.00000176. The third kappa shape index (κ3) is 3.47. The lowest BCUT2D eigenvalue weighted by Gasteiger charge is -2.19. The molecule has 3 atom stereocenters. The molecule has 2 N–H and O–H groups in total. The molecule has 1 aliphatic heterocycles. The second-order valence-corrected chi connectivity index (χ2v) is 6.23. The number of ether oxygens (including phenoxy) is 1. The van der Waals surface area contributed by atoms with E-state index in [9.17, 15) is 9.18 Å². The van der Waals surface area contributed by atoms with Gasteiger partial charge in [-0.05, 0) is 42.9 Å². The van der Waals surface area contributed by atoms with Crippen LogP contribution in [0.3, 0.4) is 0 Å². The minimum absolute atomic E-state index is 0. The van der Waals surface area contributed by atoms with E-state index in [0.29, 0.717) is 24.1 Å². The highest BCUT2D eigenvalue weighted by Gasteiger charge is 2.42. The number of rotatable bonds is 3. The minimum atomic E-state index is -0.431. The van der Waals surface area contributed by atoms with E-state index in [1.165, 1.54) is 18.2 Å². The Kier molecular flexibility index (Phi) is 5.53. The van der Waals surface area contributed by atoms with Crippen LogP contribution in [-0.4, -0.2) is 36.5 Å². The Hall–Kier alpha value is -1.04. The molecule has 1 aromatic carbocycles. The van der Waals surface area contributed by atoms with Crippen molar-refractivity contribution in [2.45, 2.75) is 18.9 Å². The maximum absolute atomic E-state index is 12.9. The van der Waals surface area contributed by atoms with Gasteiger partial charge in [0, 0.05) is 19.1 Å². The van der Waals surface area contributed by atoms with Crippen LogP contribution < -0.4 is 10.5 Å². The summed E-state index contributed by atoms with van der Waals surface area (Å²) in [5.41, 5.74) is 6.06. The van der Waals surface area contributed by atoms with E-state index < -0.39 is 5.82 Å². The lowest BCUT2D eigenvalue weighted by molar-refractivity contribution is -0.132. The molecule has 2 aliphatic rings. The third-order valence-electron chi connectivity index (χ3n) is 4.51. The Bertz CT molecular complexity index is 558. The van der Waals surface area contributed by atoms with Crippen molar-refractivity contribution in [3.05, 3.63) is 29.0 Å². The zero-order valence-corrected chi connectivity index (χ0v) is 13.6. The van der Waals surface area contributed by atoms with Crippen molar-refractivity contribution in [3.63, 3.8) is 0 Å². The number of hydrogen-bond acceptors (Lipinski definition) is 3. The standard InChI is InChI=1S/C15H18ClFN2O2.ClH/c16-12-5-10(17)2-4-14(12)21-8-15(20)19-6-9-1-3-13(18)11(9)7-19;/h2,4-5,9,11,13H,1,3,6-8,18H2;1H. The van der Waals surface area contributed by atoms with Crippen molar-refractivity contribution in [3.8, 4) is 5.75 Å². The minimum Gasteiger partial charge on any atom is -0.482 e. The van der Waals surface area contributed by atoms with Gasteiger partial charge in [0.05, 0.1) is 5.02 Å². The number of nitrogens with zero attached hydrogens (tertiary/aromatic N) is 1. The number of fused-ring (bicyclic) bond motifs is 1. The summed E-state index contributed by atoms with van der Waals surface area (Å²) in [6, 6.07) is 4.06. The first-order valence-corrected chi connectivity index (χ1v) is 7.53. The van der Waals surface area contributed by atoms with Crippen molar-refractivity contribution >= 4 is 29.9 Å². The van der Waals surface area contributed by atoms with Gasteiger partial charge in [0.15, 0.2) is 6.61 Å². The van der Waals surface area contributed by atoms with Crippen LogP contribution in [-0.2, 0) is 4.79 Å². The van der Waals surface area contributed by atoms with Gasteiger partial charge in [-0.15, -0.1) is 12.4 Å². The number of hydrogen-bond donors (Lipinski definition) is 1. The quantitative estimate of drug-likeness (QED) is 0.912. The van der Waals surface area contributed by atoms with Crippen LogP contribution in [0.1, 0.15) is 12.8 Å². The van der Waals surface area contributed by atoms with Gasteiger partial charge in [-0.25, -0.2) is 4.39 Å². The van der Waals surface area contributed by atoms with E-state index >= 15 is 0 Å². The SMILES string of the molecule is Cl.NC1CCC2CN(C(=O)COc3ccc(F)cc3Cl)CC12. The van der Waals surface area contributed by atoms with Crippen LogP contribution in [0.2, 0.25) is 5.02 Å². The molecule has 0 radical (unpaired) electrons. The zero-order chi connectivity index (χ0) is 15.0. The van der Waals surface area contributed by atoms with Crippen LogP contribution in [0.25, 0.3) is 0 Å². The van der Waals surface area contributed by atoms with Crippen LogP contribution in [0.15, 0.2) is 18.2 Å². The van der Waals surface area contributed by atoms with E-state index in [0.717, 1.165) is 19.4 Å². The largest absolute Gasteiger partial charge is 0.482 e. The molecular formula is C15H19Cl2FN2O2. The predicted octanol–water partition coefficient (Wildman–Crippen LogP) is 2.48. The second-order valence-electron chi connectivity index (χ2n) is 5.83. The van der Waals surface area contributed by atoms with Crippen molar-refractivity contribution in [2.75, 3.05) is 19.7 Å². The molecule has 1 saturated heterocycles. The van der Waals surface area contributed by atoms with Crippen LogP contribution in [0.4, 0.5) is 4.39 Å². The van der Waals surface area contributed by atoms with E-state index in [1.807, 2.05) is 4.90 Å². The highest BCUT2D eigenvalue weighted by molar-refractivity contribution is 6.32. The average molecular weight is 349 g/mol. The highest BCUT2D eigenvalue weighted by Crippen LogP contribution is 2.37. The number of halogens is 3. The van der Waals surface area contributed by atoms with Gasteiger partial charge < -0.3 is 15.4 Å². The number of carbonyl (C=O) groups excluding carboxylic acids is 1. The monoisotopic (exact) mass is 348 g/mol. The zero-order valence-electron chi connectivity index (χ0n) is 12.0. The molecule has 4 nitrogen and oxygen atoms in total. The van der Waals surface area contributed by atoms with Crippen molar-refractivity contribution < 1.29 is 13.9 Å². The molecule has 0 spiro atoms. The molecule has 0 aromatic heterocycles. The van der Waals surface area contributed by atoms with Gasteiger partial charge in [-0.3, -0.25) is 4.79 Å². The van der Waals surface area contributed by atoms with Crippen molar-refractivity contribution in [2.24, 2.45) is 17.6 Å². The molecule has 1 amide bonds. The predicted molar refractivity (Wildman–Crippen MR) is 84.9 cm³/mol. The summed E-state index contributed by atoms with van der Waals surface area (Å²) in [6.45, 7) is 1.39. The van der Waals surface area contributed by atoms with Crippen LogP contribution in [0.5, 0.6) is 5.75 Å². The molecule has 1 saturated carbocycles. The summed E-state index contributed by atoms with van der Waals surface area (Å²) in [6.07, 6.45) is 2.15.